The number of nitrogens with zero attached hydrogens (tertiary/aromatic N) is 4. The summed E-state index contributed by atoms with van der Waals surface area (Å²) < 4.78 is 39.1. The van der Waals surface area contributed by atoms with E-state index in [1.54, 1.807) is 0 Å². The normalized spacial score (nSPS) is 13.0. The van der Waals surface area contributed by atoms with E-state index in [1.807, 2.05) is 30.5 Å². The van der Waals surface area contributed by atoms with Gasteiger partial charge in [0.15, 0.2) is 0 Å². The van der Waals surface area contributed by atoms with Crippen molar-refractivity contribution < 1.29 is 13.5 Å². The van der Waals surface area contributed by atoms with Crippen LogP contribution in [0.3, 0.4) is 0 Å². The van der Waals surface area contributed by atoms with Crippen molar-refractivity contribution in [2.75, 3.05) is 16.5 Å². The fourth-order valence-corrected chi connectivity index (χ4v) is 11.3. The summed E-state index contributed by atoms with van der Waals surface area (Å²) in [6.07, 6.45) is 1.92. The minimum absolute atomic E-state index is 0.0625. The maximum atomic E-state index is 14.8. The van der Waals surface area contributed by atoms with Crippen molar-refractivity contribution in [1.29, 1.82) is 0 Å². The molecule has 1 aliphatic rings. The SMILES string of the molecule is CC(C)c1cc(C(C)C)c(-c2cc(Oc3ccc4c5ccccc5n(-c5cc(C(C)(C)C)ccn5)c4c3)cc(N3CN(c4c(-c5ccc(F)cc5)cc(C(C)(C)C)cc4-c4ccc(F)cc4)c4ccccc43)c2)c(C(C)C)c1. The maximum Gasteiger partial charge on any atom is 0.137 e. The summed E-state index contributed by atoms with van der Waals surface area (Å²) in [7, 11) is 0. The molecule has 5 nitrogen and oxygen atoms in total. The quantitative estimate of drug-likeness (QED) is 0.129. The van der Waals surface area contributed by atoms with Crippen LogP contribution in [0.4, 0.5) is 31.5 Å². The number of hydrogen-bond acceptors (Lipinski definition) is 4. The Bertz CT molecular complexity index is 3800. The number of halogens is 2. The van der Waals surface area contributed by atoms with Gasteiger partial charge in [-0.25, -0.2) is 13.8 Å². The molecule has 0 aliphatic carbocycles. The van der Waals surface area contributed by atoms with E-state index in [-0.39, 0.29) is 34.3 Å². The summed E-state index contributed by atoms with van der Waals surface area (Å²) in [6.45, 7) is 27.5. The first-order valence-corrected chi connectivity index (χ1v) is 27.6. The Morgan fingerprint density at radius 3 is 1.63 bits per heavy atom. The van der Waals surface area contributed by atoms with Crippen LogP contribution in [-0.2, 0) is 10.8 Å². The zero-order valence-electron chi connectivity index (χ0n) is 47.1. The highest BCUT2D eigenvalue weighted by Gasteiger charge is 2.34. The Kier molecular flexibility index (Phi) is 13.4. The summed E-state index contributed by atoms with van der Waals surface area (Å²) in [5, 5.41) is 2.27. The van der Waals surface area contributed by atoms with Crippen LogP contribution in [0.25, 0.3) is 61.0 Å². The minimum Gasteiger partial charge on any atom is -0.457 e. The predicted molar refractivity (Wildman–Crippen MR) is 323 cm³/mol. The molecule has 1 aliphatic heterocycles. The second-order valence-electron chi connectivity index (χ2n) is 24.2. The molecule has 10 aromatic rings. The Labute approximate surface area is 459 Å². The third-order valence-electron chi connectivity index (χ3n) is 15.6. The number of para-hydroxylation sites is 3. The first-order valence-electron chi connectivity index (χ1n) is 27.6. The van der Waals surface area contributed by atoms with E-state index >= 15 is 0 Å². The van der Waals surface area contributed by atoms with Crippen molar-refractivity contribution in [3.63, 3.8) is 0 Å². The second-order valence-corrected chi connectivity index (χ2v) is 24.2. The molecule has 0 amide bonds. The number of ether oxygens (including phenoxy) is 1. The Balaban J connectivity index is 1.13. The molecule has 8 aromatic carbocycles. The van der Waals surface area contributed by atoms with E-state index in [2.05, 4.69) is 219 Å². The molecule has 394 valence electrons. The van der Waals surface area contributed by atoms with E-state index in [1.165, 1.54) is 52.1 Å². The smallest absolute Gasteiger partial charge is 0.137 e. The minimum atomic E-state index is -0.299. The average Bonchev–Trinajstić information content (AvgIpc) is 4.12. The summed E-state index contributed by atoms with van der Waals surface area (Å²) in [5.41, 5.74) is 18.0. The van der Waals surface area contributed by atoms with Gasteiger partial charge in [0.2, 0.25) is 0 Å². The van der Waals surface area contributed by atoms with E-state index < -0.39 is 0 Å². The number of rotatable bonds is 11. The summed E-state index contributed by atoms with van der Waals surface area (Å²) in [4.78, 5) is 9.72. The van der Waals surface area contributed by atoms with Gasteiger partial charge in [0.25, 0.3) is 0 Å². The largest absolute Gasteiger partial charge is 0.457 e. The number of anilines is 4. The second kappa shape index (κ2) is 20.1. The monoisotopic (exact) mass is 1030 g/mol. The Morgan fingerprint density at radius 1 is 0.487 bits per heavy atom. The Hall–Kier alpha value is -8.03. The van der Waals surface area contributed by atoms with Crippen molar-refractivity contribution >= 4 is 44.6 Å². The molecule has 2 aromatic heterocycles. The molecular formula is C71H70F2N4O. The van der Waals surface area contributed by atoms with Gasteiger partial charge in [-0.3, -0.25) is 4.57 Å². The van der Waals surface area contributed by atoms with Gasteiger partial charge in [0, 0.05) is 45.9 Å². The lowest BCUT2D eigenvalue weighted by atomic mass is 9.81. The van der Waals surface area contributed by atoms with Crippen LogP contribution in [-0.4, -0.2) is 16.2 Å². The van der Waals surface area contributed by atoms with Crippen molar-refractivity contribution in [2.24, 2.45) is 0 Å². The van der Waals surface area contributed by atoms with Crippen LogP contribution in [0.2, 0.25) is 0 Å². The van der Waals surface area contributed by atoms with E-state index in [0.717, 1.165) is 83.8 Å². The zero-order chi connectivity index (χ0) is 54.9. The van der Waals surface area contributed by atoms with Gasteiger partial charge in [-0.05, 0) is 170 Å². The highest BCUT2D eigenvalue weighted by atomic mass is 19.1. The third kappa shape index (κ3) is 9.73. The highest BCUT2D eigenvalue weighted by Crippen LogP contribution is 2.53. The maximum absolute atomic E-state index is 14.8. The van der Waals surface area contributed by atoms with Gasteiger partial charge in [-0.1, -0.05) is 150 Å². The van der Waals surface area contributed by atoms with Gasteiger partial charge in [-0.15, -0.1) is 0 Å². The van der Waals surface area contributed by atoms with Gasteiger partial charge >= 0.3 is 0 Å². The standard InChI is InChI=1S/C71H70F2N4O/c1-43(2)48-35-59(44(3)4)68(60(36-48)45(5)6)49-33-54(40-56(34-49)78-55-29-30-58-57-17-13-14-18-63(57)77(66(58)41-55)67-39-50(31-32-74-67)70(7,8)9)75-42-76(65-20-16-15-19-64(65)75)69-61(46-21-25-52(72)26-22-46)37-51(71(10,11)12)38-62(69)47-23-27-53(73)28-24-47/h13-41,43-45H,42H2,1-12H3. The number of pyridine rings is 1. The van der Waals surface area contributed by atoms with Crippen LogP contribution in [0.1, 0.15) is 129 Å². The van der Waals surface area contributed by atoms with Gasteiger partial charge < -0.3 is 14.5 Å². The third-order valence-corrected chi connectivity index (χ3v) is 15.6. The molecule has 0 radical (unpaired) electrons. The number of benzene rings is 8. The Morgan fingerprint density at radius 2 is 1.05 bits per heavy atom. The van der Waals surface area contributed by atoms with Crippen molar-refractivity contribution in [2.45, 2.75) is 112 Å². The summed E-state index contributed by atoms with van der Waals surface area (Å²) in [5.74, 6) is 2.52. The van der Waals surface area contributed by atoms with Gasteiger partial charge in [-0.2, -0.15) is 0 Å². The van der Waals surface area contributed by atoms with Crippen LogP contribution in [0.5, 0.6) is 11.5 Å². The first-order chi connectivity index (χ1) is 37.2. The fourth-order valence-electron chi connectivity index (χ4n) is 11.3. The molecule has 0 unspecified atom stereocenters. The summed E-state index contributed by atoms with van der Waals surface area (Å²) >= 11 is 0. The molecule has 0 spiro atoms. The number of fused-ring (bicyclic) bond motifs is 4. The molecule has 7 heteroatoms. The van der Waals surface area contributed by atoms with Crippen LogP contribution >= 0.6 is 0 Å². The fraction of sp³-hybridized carbons (Fsp3) is 0.254. The number of aromatic nitrogens is 2. The van der Waals surface area contributed by atoms with Crippen LogP contribution < -0.4 is 14.5 Å². The lowest BCUT2D eigenvalue weighted by molar-refractivity contribution is 0.483. The average molecular weight is 1030 g/mol. The van der Waals surface area contributed by atoms with Crippen LogP contribution in [0.15, 0.2) is 176 Å². The molecule has 3 heterocycles. The molecular weight excluding hydrogens is 963 g/mol. The zero-order valence-corrected chi connectivity index (χ0v) is 47.1. The molecule has 0 saturated carbocycles. The molecule has 11 rings (SSSR count). The van der Waals surface area contributed by atoms with E-state index in [4.69, 9.17) is 9.72 Å². The summed E-state index contributed by atoms with van der Waals surface area (Å²) in [6, 6.07) is 57.5. The topological polar surface area (TPSA) is 33.5 Å². The molecule has 0 atom stereocenters. The van der Waals surface area contributed by atoms with Crippen molar-refractivity contribution in [3.8, 4) is 50.7 Å². The predicted octanol–water partition coefficient (Wildman–Crippen LogP) is 20.5. The highest BCUT2D eigenvalue weighted by molar-refractivity contribution is 6.09. The van der Waals surface area contributed by atoms with E-state index in [9.17, 15) is 8.78 Å². The first kappa shape index (κ1) is 52.0. The number of hydrogen-bond donors (Lipinski definition) is 0. The lowest BCUT2D eigenvalue weighted by Gasteiger charge is -2.30. The molecule has 78 heavy (non-hydrogen) atoms. The molecule has 0 saturated heterocycles. The molecule has 0 N–H and O–H groups in total. The van der Waals surface area contributed by atoms with Crippen LogP contribution in [0, 0.1) is 11.6 Å². The van der Waals surface area contributed by atoms with Gasteiger partial charge in [0.05, 0.1) is 28.1 Å². The lowest BCUT2D eigenvalue weighted by Crippen LogP contribution is -2.25. The molecule has 0 fully saturated rings. The van der Waals surface area contributed by atoms with Crippen molar-refractivity contribution in [3.05, 3.63) is 216 Å². The van der Waals surface area contributed by atoms with E-state index in [0.29, 0.717) is 24.1 Å². The molecule has 0 bridgehead atoms. The van der Waals surface area contributed by atoms with Crippen molar-refractivity contribution in [1.82, 2.24) is 9.55 Å². The van der Waals surface area contributed by atoms with Gasteiger partial charge in [0.1, 0.15) is 35.6 Å².